The maximum atomic E-state index is 12.8. The highest BCUT2D eigenvalue weighted by molar-refractivity contribution is 7.11. The molecule has 0 aliphatic heterocycles. The van der Waals surface area contributed by atoms with Gasteiger partial charge in [0.1, 0.15) is 5.82 Å². The van der Waals surface area contributed by atoms with Crippen LogP contribution in [0.2, 0.25) is 0 Å². The van der Waals surface area contributed by atoms with Crippen molar-refractivity contribution >= 4 is 11.3 Å². The number of aryl methyl sites for hydroxylation is 2. The van der Waals surface area contributed by atoms with Crippen LogP contribution in [0.5, 0.6) is 0 Å². The molecule has 2 aromatic rings. The number of hydrogen-bond acceptors (Lipinski definition) is 3. The van der Waals surface area contributed by atoms with Crippen molar-refractivity contribution in [3.8, 4) is 0 Å². The van der Waals surface area contributed by atoms with Gasteiger partial charge in [-0.1, -0.05) is 12.1 Å². The van der Waals surface area contributed by atoms with Crippen molar-refractivity contribution in [1.82, 2.24) is 10.3 Å². The maximum Gasteiger partial charge on any atom is 0.123 e. The lowest BCUT2D eigenvalue weighted by Crippen LogP contribution is -2.17. The number of thiazole rings is 1. The van der Waals surface area contributed by atoms with E-state index in [0.29, 0.717) is 0 Å². The molecule has 0 bridgehead atoms. The van der Waals surface area contributed by atoms with Crippen molar-refractivity contribution in [2.75, 3.05) is 0 Å². The highest BCUT2D eigenvalue weighted by atomic mass is 32.1. The average molecular weight is 264 g/mol. The number of nitrogens with one attached hydrogen (secondary N) is 1. The minimum Gasteiger partial charge on any atom is -0.305 e. The Bertz CT molecular complexity index is 519. The molecule has 96 valence electrons. The SMILES string of the molecule is Cc1nc(C)c(CN[C@H](C)c2ccc(F)cc2)s1. The summed E-state index contributed by atoms with van der Waals surface area (Å²) in [4.78, 5) is 5.67. The van der Waals surface area contributed by atoms with Gasteiger partial charge >= 0.3 is 0 Å². The molecule has 0 spiro atoms. The standard InChI is InChI=1S/C14H17FN2S/c1-9(12-4-6-13(15)7-5-12)16-8-14-10(2)17-11(3)18-14/h4-7,9,16H,8H2,1-3H3/t9-/m1/s1. The van der Waals surface area contributed by atoms with Gasteiger partial charge < -0.3 is 5.32 Å². The van der Waals surface area contributed by atoms with E-state index in [-0.39, 0.29) is 11.9 Å². The van der Waals surface area contributed by atoms with Crippen LogP contribution in [0.4, 0.5) is 4.39 Å². The lowest BCUT2D eigenvalue weighted by Gasteiger charge is -2.13. The van der Waals surface area contributed by atoms with Gasteiger partial charge in [0.25, 0.3) is 0 Å². The molecule has 0 radical (unpaired) electrons. The number of benzene rings is 1. The molecule has 0 saturated carbocycles. The first-order chi connectivity index (χ1) is 8.56. The molecule has 0 saturated heterocycles. The van der Waals surface area contributed by atoms with Crippen LogP contribution in [0.3, 0.4) is 0 Å². The van der Waals surface area contributed by atoms with Crippen molar-refractivity contribution in [2.24, 2.45) is 0 Å². The maximum absolute atomic E-state index is 12.8. The molecule has 2 rings (SSSR count). The monoisotopic (exact) mass is 264 g/mol. The first-order valence-corrected chi connectivity index (χ1v) is 6.79. The first-order valence-electron chi connectivity index (χ1n) is 5.98. The summed E-state index contributed by atoms with van der Waals surface area (Å²) in [6.07, 6.45) is 0. The van der Waals surface area contributed by atoms with E-state index in [1.54, 1.807) is 11.3 Å². The molecular weight excluding hydrogens is 247 g/mol. The van der Waals surface area contributed by atoms with Gasteiger partial charge in [-0.05, 0) is 38.5 Å². The topological polar surface area (TPSA) is 24.9 Å². The van der Waals surface area contributed by atoms with E-state index < -0.39 is 0 Å². The second-order valence-electron chi connectivity index (χ2n) is 4.40. The van der Waals surface area contributed by atoms with E-state index in [1.165, 1.54) is 17.0 Å². The van der Waals surface area contributed by atoms with E-state index in [2.05, 4.69) is 17.2 Å². The number of hydrogen-bond donors (Lipinski definition) is 1. The Morgan fingerprint density at radius 1 is 1.28 bits per heavy atom. The zero-order valence-electron chi connectivity index (χ0n) is 10.8. The van der Waals surface area contributed by atoms with Crippen molar-refractivity contribution in [1.29, 1.82) is 0 Å². The molecule has 1 heterocycles. The van der Waals surface area contributed by atoms with Crippen molar-refractivity contribution in [3.05, 3.63) is 51.2 Å². The summed E-state index contributed by atoms with van der Waals surface area (Å²) in [5.41, 5.74) is 2.19. The largest absolute Gasteiger partial charge is 0.305 e. The fourth-order valence-electron chi connectivity index (χ4n) is 1.85. The Morgan fingerprint density at radius 2 is 1.94 bits per heavy atom. The summed E-state index contributed by atoms with van der Waals surface area (Å²) in [5, 5.41) is 4.53. The fourth-order valence-corrected chi connectivity index (χ4v) is 2.74. The quantitative estimate of drug-likeness (QED) is 0.909. The Morgan fingerprint density at radius 3 is 2.50 bits per heavy atom. The van der Waals surface area contributed by atoms with E-state index in [9.17, 15) is 4.39 Å². The molecule has 1 N–H and O–H groups in total. The third-order valence-electron chi connectivity index (χ3n) is 2.94. The van der Waals surface area contributed by atoms with Crippen molar-refractivity contribution in [3.63, 3.8) is 0 Å². The minimum atomic E-state index is -0.195. The number of rotatable bonds is 4. The summed E-state index contributed by atoms with van der Waals surface area (Å²) >= 11 is 1.72. The molecule has 1 aromatic heterocycles. The first kappa shape index (κ1) is 13.2. The smallest absolute Gasteiger partial charge is 0.123 e. The van der Waals surface area contributed by atoms with Gasteiger partial charge in [0.15, 0.2) is 0 Å². The van der Waals surface area contributed by atoms with Crippen LogP contribution in [0.1, 0.15) is 34.1 Å². The zero-order chi connectivity index (χ0) is 13.1. The summed E-state index contributed by atoms with van der Waals surface area (Å²) in [6, 6.07) is 6.83. The highest BCUT2D eigenvalue weighted by Crippen LogP contribution is 2.19. The van der Waals surface area contributed by atoms with Crippen LogP contribution in [0.25, 0.3) is 0 Å². The lowest BCUT2D eigenvalue weighted by molar-refractivity contribution is 0.573. The molecule has 0 aliphatic rings. The van der Waals surface area contributed by atoms with Crippen LogP contribution >= 0.6 is 11.3 Å². The molecule has 1 aromatic carbocycles. The Hall–Kier alpha value is -1.26. The predicted octanol–water partition coefficient (Wildman–Crippen LogP) is 3.75. The third kappa shape index (κ3) is 3.15. The normalized spacial score (nSPS) is 12.7. The Labute approximate surface area is 111 Å². The Kier molecular flexibility index (Phi) is 4.09. The lowest BCUT2D eigenvalue weighted by atomic mass is 10.1. The summed E-state index contributed by atoms with van der Waals surface area (Å²) in [6.45, 7) is 6.93. The van der Waals surface area contributed by atoms with E-state index >= 15 is 0 Å². The van der Waals surface area contributed by atoms with Crippen LogP contribution in [0.15, 0.2) is 24.3 Å². The Balaban J connectivity index is 1.98. The molecule has 2 nitrogen and oxygen atoms in total. The van der Waals surface area contributed by atoms with Gasteiger partial charge in [-0.15, -0.1) is 11.3 Å². The van der Waals surface area contributed by atoms with Gasteiger partial charge in [-0.25, -0.2) is 9.37 Å². The molecular formula is C14H17FN2S. The summed E-state index contributed by atoms with van der Waals surface area (Å²) in [7, 11) is 0. The minimum absolute atomic E-state index is 0.195. The molecule has 0 fully saturated rings. The predicted molar refractivity (Wildman–Crippen MR) is 73.2 cm³/mol. The molecule has 0 amide bonds. The van der Waals surface area contributed by atoms with Crippen LogP contribution in [0, 0.1) is 19.7 Å². The van der Waals surface area contributed by atoms with Crippen LogP contribution in [-0.2, 0) is 6.54 Å². The molecule has 0 aliphatic carbocycles. The van der Waals surface area contributed by atoms with E-state index in [4.69, 9.17) is 0 Å². The third-order valence-corrected chi connectivity index (χ3v) is 4.01. The van der Waals surface area contributed by atoms with Gasteiger partial charge in [0.05, 0.1) is 10.7 Å². The summed E-state index contributed by atoms with van der Waals surface area (Å²) in [5.74, 6) is -0.195. The fraction of sp³-hybridized carbons (Fsp3) is 0.357. The molecule has 4 heteroatoms. The molecule has 0 unspecified atom stereocenters. The second-order valence-corrected chi connectivity index (χ2v) is 5.68. The molecule has 18 heavy (non-hydrogen) atoms. The van der Waals surface area contributed by atoms with Gasteiger partial charge in [-0.3, -0.25) is 0 Å². The van der Waals surface area contributed by atoms with E-state index in [0.717, 1.165) is 22.8 Å². The van der Waals surface area contributed by atoms with Crippen LogP contribution < -0.4 is 5.32 Å². The summed E-state index contributed by atoms with van der Waals surface area (Å²) < 4.78 is 12.8. The zero-order valence-corrected chi connectivity index (χ0v) is 11.6. The number of aromatic nitrogens is 1. The van der Waals surface area contributed by atoms with Crippen molar-refractivity contribution in [2.45, 2.75) is 33.4 Å². The number of halogens is 1. The highest BCUT2D eigenvalue weighted by Gasteiger charge is 2.08. The number of nitrogens with zero attached hydrogens (tertiary/aromatic N) is 1. The van der Waals surface area contributed by atoms with Gasteiger partial charge in [0, 0.05) is 17.5 Å². The second kappa shape index (κ2) is 5.59. The average Bonchev–Trinajstić information content (AvgIpc) is 2.66. The van der Waals surface area contributed by atoms with Crippen molar-refractivity contribution < 1.29 is 4.39 Å². The van der Waals surface area contributed by atoms with Crippen LogP contribution in [-0.4, -0.2) is 4.98 Å². The van der Waals surface area contributed by atoms with Gasteiger partial charge in [0.2, 0.25) is 0 Å². The van der Waals surface area contributed by atoms with Gasteiger partial charge in [-0.2, -0.15) is 0 Å². The molecule has 1 atom stereocenters. The van der Waals surface area contributed by atoms with E-state index in [1.807, 2.05) is 26.0 Å².